The molecule has 0 saturated heterocycles. The highest BCUT2D eigenvalue weighted by Gasteiger charge is 2.31. The first kappa shape index (κ1) is 19.2. The van der Waals surface area contributed by atoms with Gasteiger partial charge >= 0.3 is 11.9 Å². The summed E-state index contributed by atoms with van der Waals surface area (Å²) in [4.78, 5) is 23.8. The van der Waals surface area contributed by atoms with Gasteiger partial charge in [-0.2, -0.15) is 0 Å². The number of hydrogen-bond donors (Lipinski definition) is 1. The molecule has 0 radical (unpaired) electrons. The van der Waals surface area contributed by atoms with Gasteiger partial charge in [-0.1, -0.05) is 52.2 Å². The third kappa shape index (κ3) is 5.38. The Labute approximate surface area is 138 Å². The number of esters is 1. The van der Waals surface area contributed by atoms with Crippen LogP contribution in [0.1, 0.15) is 86.4 Å². The monoisotopic (exact) mass is 320 g/mol. The molecule has 0 amide bonds. The van der Waals surface area contributed by atoms with Crippen LogP contribution in [0.15, 0.2) is 24.3 Å². The second kappa shape index (κ2) is 9.33. The summed E-state index contributed by atoms with van der Waals surface area (Å²) < 4.78 is 5.79. The predicted molar refractivity (Wildman–Crippen MR) is 90.9 cm³/mol. The van der Waals surface area contributed by atoms with E-state index in [1.807, 2.05) is 13.8 Å². The fourth-order valence-electron chi connectivity index (χ4n) is 2.77. The molecule has 1 aromatic rings. The maximum Gasteiger partial charge on any atom is 0.339 e. The molecule has 0 aliphatic carbocycles. The number of carboxylic acids is 1. The minimum Gasteiger partial charge on any atom is -0.478 e. The number of carboxylic acid groups (broad SMARTS) is 1. The van der Waals surface area contributed by atoms with Gasteiger partial charge in [0.1, 0.15) is 5.60 Å². The van der Waals surface area contributed by atoms with Crippen LogP contribution in [0.2, 0.25) is 0 Å². The zero-order chi connectivity index (χ0) is 17.3. The molecule has 0 aliphatic rings. The van der Waals surface area contributed by atoms with E-state index in [0.717, 1.165) is 38.5 Å². The molecule has 0 spiro atoms. The normalized spacial score (nSPS) is 11.3. The lowest BCUT2D eigenvalue weighted by molar-refractivity contribution is -0.0287. The molecular weight excluding hydrogens is 292 g/mol. The van der Waals surface area contributed by atoms with Gasteiger partial charge in [-0.05, 0) is 37.8 Å². The third-order valence-corrected chi connectivity index (χ3v) is 4.46. The molecule has 1 aromatic carbocycles. The van der Waals surface area contributed by atoms with E-state index in [4.69, 9.17) is 4.74 Å². The summed E-state index contributed by atoms with van der Waals surface area (Å²) in [6.07, 6.45) is 6.77. The molecule has 128 valence electrons. The first-order valence-electron chi connectivity index (χ1n) is 8.55. The highest BCUT2D eigenvalue weighted by atomic mass is 16.6. The molecule has 0 atom stereocenters. The summed E-state index contributed by atoms with van der Waals surface area (Å²) in [7, 11) is 0. The van der Waals surface area contributed by atoms with Crippen LogP contribution in [0.25, 0.3) is 0 Å². The van der Waals surface area contributed by atoms with Crippen molar-refractivity contribution < 1.29 is 19.4 Å². The van der Waals surface area contributed by atoms with Crippen molar-refractivity contribution in [2.45, 2.75) is 71.3 Å². The van der Waals surface area contributed by atoms with Crippen LogP contribution < -0.4 is 0 Å². The van der Waals surface area contributed by atoms with Gasteiger partial charge in [0.05, 0.1) is 11.1 Å². The molecule has 0 aromatic heterocycles. The fourth-order valence-corrected chi connectivity index (χ4v) is 2.77. The molecule has 1 rings (SSSR count). The Kier molecular flexibility index (Phi) is 7.79. The van der Waals surface area contributed by atoms with Crippen molar-refractivity contribution in [2.75, 3.05) is 0 Å². The minimum atomic E-state index is -1.11. The van der Waals surface area contributed by atoms with E-state index < -0.39 is 17.5 Å². The number of carbonyl (C=O) groups is 2. The largest absolute Gasteiger partial charge is 0.478 e. The van der Waals surface area contributed by atoms with Gasteiger partial charge in [-0.25, -0.2) is 9.59 Å². The lowest BCUT2D eigenvalue weighted by Crippen LogP contribution is -2.34. The van der Waals surface area contributed by atoms with E-state index in [1.54, 1.807) is 12.1 Å². The first-order valence-corrected chi connectivity index (χ1v) is 8.55. The average Bonchev–Trinajstić information content (AvgIpc) is 2.57. The van der Waals surface area contributed by atoms with Gasteiger partial charge < -0.3 is 9.84 Å². The Morgan fingerprint density at radius 2 is 1.61 bits per heavy atom. The Morgan fingerprint density at radius 1 is 1.00 bits per heavy atom. The van der Waals surface area contributed by atoms with Crippen LogP contribution in [0.5, 0.6) is 0 Å². The molecule has 0 unspecified atom stereocenters. The zero-order valence-electron chi connectivity index (χ0n) is 14.4. The zero-order valence-corrected chi connectivity index (χ0v) is 14.4. The Morgan fingerprint density at radius 3 is 2.13 bits per heavy atom. The minimum absolute atomic E-state index is 0.00964. The standard InChI is InChI=1S/C19H28O4/c1-4-7-8-11-14-19(5-2,6-3)23-18(22)16-13-10-9-12-15(16)17(20)21/h9-10,12-13H,4-8,11,14H2,1-3H3,(H,20,21). The average molecular weight is 320 g/mol. The molecule has 0 heterocycles. The van der Waals surface area contributed by atoms with Gasteiger partial charge in [-0.3, -0.25) is 0 Å². The van der Waals surface area contributed by atoms with E-state index in [2.05, 4.69) is 6.92 Å². The third-order valence-electron chi connectivity index (χ3n) is 4.46. The van der Waals surface area contributed by atoms with Crippen molar-refractivity contribution in [2.24, 2.45) is 0 Å². The van der Waals surface area contributed by atoms with E-state index in [-0.39, 0.29) is 11.1 Å². The van der Waals surface area contributed by atoms with Gasteiger partial charge in [0, 0.05) is 0 Å². The number of hydrogen-bond acceptors (Lipinski definition) is 3. The van der Waals surface area contributed by atoms with Crippen LogP contribution in [-0.4, -0.2) is 22.6 Å². The number of benzene rings is 1. The Bertz CT molecular complexity index is 518. The smallest absolute Gasteiger partial charge is 0.339 e. The van der Waals surface area contributed by atoms with Crippen LogP contribution in [0.3, 0.4) is 0 Å². The molecule has 4 nitrogen and oxygen atoms in total. The number of rotatable bonds is 10. The summed E-state index contributed by atoms with van der Waals surface area (Å²) >= 11 is 0. The van der Waals surface area contributed by atoms with Gasteiger partial charge in [0.2, 0.25) is 0 Å². The van der Waals surface area contributed by atoms with Crippen molar-refractivity contribution in [1.29, 1.82) is 0 Å². The van der Waals surface area contributed by atoms with Crippen molar-refractivity contribution in [1.82, 2.24) is 0 Å². The first-order chi connectivity index (χ1) is 11.0. The Balaban J connectivity index is 2.87. The maximum atomic E-state index is 12.5. The predicted octanol–water partition coefficient (Wildman–Crippen LogP) is 5.07. The number of carbonyl (C=O) groups excluding carboxylic acids is 1. The van der Waals surface area contributed by atoms with Crippen molar-refractivity contribution >= 4 is 11.9 Å². The van der Waals surface area contributed by atoms with Crippen molar-refractivity contribution in [3.63, 3.8) is 0 Å². The van der Waals surface area contributed by atoms with Gasteiger partial charge in [0.15, 0.2) is 0 Å². The molecule has 0 bridgehead atoms. The van der Waals surface area contributed by atoms with Crippen LogP contribution in [-0.2, 0) is 4.74 Å². The maximum absolute atomic E-state index is 12.5. The molecule has 1 N–H and O–H groups in total. The van der Waals surface area contributed by atoms with Crippen LogP contribution in [0.4, 0.5) is 0 Å². The number of ether oxygens (including phenoxy) is 1. The second-order valence-electron chi connectivity index (χ2n) is 5.94. The van der Waals surface area contributed by atoms with E-state index in [1.165, 1.54) is 18.6 Å². The highest BCUT2D eigenvalue weighted by molar-refractivity contribution is 6.02. The summed E-state index contributed by atoms with van der Waals surface area (Å²) in [5.41, 5.74) is -0.388. The van der Waals surface area contributed by atoms with E-state index in [0.29, 0.717) is 0 Å². The summed E-state index contributed by atoms with van der Waals surface area (Å²) in [5.74, 6) is -1.65. The number of unbranched alkanes of at least 4 members (excludes halogenated alkanes) is 3. The molecule has 4 heteroatoms. The van der Waals surface area contributed by atoms with Crippen LogP contribution in [0, 0.1) is 0 Å². The fraction of sp³-hybridized carbons (Fsp3) is 0.579. The van der Waals surface area contributed by atoms with E-state index in [9.17, 15) is 14.7 Å². The topological polar surface area (TPSA) is 63.6 Å². The van der Waals surface area contributed by atoms with Crippen molar-refractivity contribution in [3.05, 3.63) is 35.4 Å². The molecule has 0 saturated carbocycles. The quantitative estimate of drug-likeness (QED) is 0.483. The molecule has 0 fully saturated rings. The highest BCUT2D eigenvalue weighted by Crippen LogP contribution is 2.29. The molecule has 0 aliphatic heterocycles. The van der Waals surface area contributed by atoms with Crippen molar-refractivity contribution in [3.8, 4) is 0 Å². The summed E-state index contributed by atoms with van der Waals surface area (Å²) in [6, 6.07) is 6.21. The van der Waals surface area contributed by atoms with E-state index >= 15 is 0 Å². The second-order valence-corrected chi connectivity index (χ2v) is 5.94. The summed E-state index contributed by atoms with van der Waals surface area (Å²) in [5, 5.41) is 9.22. The summed E-state index contributed by atoms with van der Waals surface area (Å²) in [6.45, 7) is 6.19. The Hall–Kier alpha value is -1.84. The number of aromatic carboxylic acids is 1. The lowest BCUT2D eigenvalue weighted by atomic mass is 9.90. The van der Waals surface area contributed by atoms with Gasteiger partial charge in [0.25, 0.3) is 0 Å². The SMILES string of the molecule is CCCCCCC(CC)(CC)OC(=O)c1ccccc1C(=O)O. The lowest BCUT2D eigenvalue weighted by Gasteiger charge is -2.32. The molecule has 23 heavy (non-hydrogen) atoms. The van der Waals surface area contributed by atoms with Crippen LogP contribution >= 0.6 is 0 Å². The molecular formula is C19H28O4. The van der Waals surface area contributed by atoms with Gasteiger partial charge in [-0.15, -0.1) is 0 Å².